The van der Waals surface area contributed by atoms with Crippen molar-refractivity contribution >= 4 is 21.7 Å². The van der Waals surface area contributed by atoms with Crippen molar-refractivity contribution in [3.63, 3.8) is 0 Å². The predicted octanol–water partition coefficient (Wildman–Crippen LogP) is 3.21. The van der Waals surface area contributed by atoms with E-state index in [1.165, 1.54) is 0 Å². The number of benzene rings is 1. The molecule has 0 unspecified atom stereocenters. The van der Waals surface area contributed by atoms with Crippen LogP contribution in [0.2, 0.25) is 0 Å². The highest BCUT2D eigenvalue weighted by Gasteiger charge is 2.08. The van der Waals surface area contributed by atoms with Gasteiger partial charge in [0.15, 0.2) is 0 Å². The van der Waals surface area contributed by atoms with Gasteiger partial charge in [-0.15, -0.1) is 0 Å². The Morgan fingerprint density at radius 2 is 2.00 bits per heavy atom. The van der Waals surface area contributed by atoms with Crippen LogP contribution < -0.4 is 4.74 Å². The van der Waals surface area contributed by atoms with Crippen molar-refractivity contribution in [2.24, 2.45) is 0 Å². The summed E-state index contributed by atoms with van der Waals surface area (Å²) in [6.45, 7) is 0. The molecule has 0 aliphatic heterocycles. The molecule has 0 N–H and O–H groups in total. The summed E-state index contributed by atoms with van der Waals surface area (Å²) < 4.78 is 5.95. The molecule has 0 aliphatic rings. The summed E-state index contributed by atoms with van der Waals surface area (Å²) in [6.07, 6.45) is 2.49. The molecule has 0 atom stereocenters. The van der Waals surface area contributed by atoms with Gasteiger partial charge in [0.1, 0.15) is 5.78 Å². The molecule has 2 aromatic rings. The molecule has 1 aromatic heterocycles. The number of halogens is 1. The summed E-state index contributed by atoms with van der Waals surface area (Å²) in [5.41, 5.74) is 1.91. The standard InChI is InChI=1S/C15H14BrNO2/c1-19-15-7-6-11(10-17-15)8-13(18)9-12-4-2-3-5-14(12)16/h2-7,10H,8-9H2,1H3. The van der Waals surface area contributed by atoms with E-state index < -0.39 is 0 Å². The van der Waals surface area contributed by atoms with Crippen LogP contribution in [0.15, 0.2) is 47.1 Å². The second kappa shape index (κ2) is 6.48. The van der Waals surface area contributed by atoms with Gasteiger partial charge < -0.3 is 4.74 Å². The molecule has 0 saturated heterocycles. The first-order chi connectivity index (χ1) is 9.19. The Morgan fingerprint density at radius 3 is 2.63 bits per heavy atom. The van der Waals surface area contributed by atoms with Crippen LogP contribution in [0.5, 0.6) is 5.88 Å². The molecule has 4 heteroatoms. The minimum absolute atomic E-state index is 0.166. The fourth-order valence-corrected chi connectivity index (χ4v) is 2.21. The molecule has 0 spiro atoms. The van der Waals surface area contributed by atoms with Gasteiger partial charge in [-0.1, -0.05) is 40.2 Å². The number of pyridine rings is 1. The highest BCUT2D eigenvalue weighted by atomic mass is 79.9. The molecule has 3 nitrogen and oxygen atoms in total. The molecular weight excluding hydrogens is 306 g/mol. The van der Waals surface area contributed by atoms with Gasteiger partial charge in [0.2, 0.25) is 5.88 Å². The van der Waals surface area contributed by atoms with E-state index in [1.807, 2.05) is 30.3 Å². The number of hydrogen-bond acceptors (Lipinski definition) is 3. The molecule has 1 heterocycles. The molecule has 0 radical (unpaired) electrons. The Balaban J connectivity index is 1.99. The normalized spacial score (nSPS) is 10.2. The largest absolute Gasteiger partial charge is 0.481 e. The lowest BCUT2D eigenvalue weighted by molar-refractivity contribution is -0.117. The van der Waals surface area contributed by atoms with Crippen molar-refractivity contribution in [1.82, 2.24) is 4.98 Å². The Morgan fingerprint density at radius 1 is 1.21 bits per heavy atom. The smallest absolute Gasteiger partial charge is 0.212 e. The van der Waals surface area contributed by atoms with Gasteiger partial charge in [-0.05, 0) is 17.2 Å². The maximum Gasteiger partial charge on any atom is 0.212 e. The first kappa shape index (κ1) is 13.7. The Kier molecular flexibility index (Phi) is 4.68. The van der Waals surface area contributed by atoms with Gasteiger partial charge in [0.05, 0.1) is 7.11 Å². The quantitative estimate of drug-likeness (QED) is 0.849. The third-order valence-electron chi connectivity index (χ3n) is 2.75. The lowest BCUT2D eigenvalue weighted by Gasteiger charge is -2.04. The van der Waals surface area contributed by atoms with Crippen LogP contribution in [0, 0.1) is 0 Å². The highest BCUT2D eigenvalue weighted by Crippen LogP contribution is 2.17. The number of carbonyl (C=O) groups excluding carboxylic acids is 1. The summed E-state index contributed by atoms with van der Waals surface area (Å²) in [5, 5.41) is 0. The number of nitrogens with zero attached hydrogens (tertiary/aromatic N) is 1. The molecule has 0 saturated carbocycles. The summed E-state index contributed by atoms with van der Waals surface area (Å²) in [7, 11) is 1.57. The van der Waals surface area contributed by atoms with Crippen LogP contribution in [-0.2, 0) is 17.6 Å². The van der Waals surface area contributed by atoms with Crippen molar-refractivity contribution in [2.75, 3.05) is 7.11 Å². The zero-order valence-corrected chi connectivity index (χ0v) is 12.2. The van der Waals surface area contributed by atoms with E-state index in [1.54, 1.807) is 19.4 Å². The zero-order valence-electron chi connectivity index (χ0n) is 10.6. The van der Waals surface area contributed by atoms with Crippen molar-refractivity contribution in [1.29, 1.82) is 0 Å². The van der Waals surface area contributed by atoms with Crippen LogP contribution in [0.25, 0.3) is 0 Å². The number of carbonyl (C=O) groups is 1. The number of ether oxygens (including phenoxy) is 1. The molecule has 98 valence electrons. The summed E-state index contributed by atoms with van der Waals surface area (Å²) in [4.78, 5) is 16.1. The van der Waals surface area contributed by atoms with E-state index >= 15 is 0 Å². The van der Waals surface area contributed by atoms with Gasteiger partial charge in [0, 0.05) is 29.6 Å². The first-order valence-corrected chi connectivity index (χ1v) is 6.72. The second-order valence-electron chi connectivity index (χ2n) is 4.19. The number of rotatable bonds is 5. The van der Waals surface area contributed by atoms with Gasteiger partial charge in [-0.25, -0.2) is 4.98 Å². The summed E-state index contributed by atoms with van der Waals surface area (Å²) in [6, 6.07) is 11.4. The van der Waals surface area contributed by atoms with E-state index in [0.717, 1.165) is 15.6 Å². The Hall–Kier alpha value is -1.68. The van der Waals surface area contributed by atoms with Gasteiger partial charge in [0.25, 0.3) is 0 Å². The monoisotopic (exact) mass is 319 g/mol. The lowest BCUT2D eigenvalue weighted by Crippen LogP contribution is -2.07. The zero-order chi connectivity index (χ0) is 13.7. The number of hydrogen-bond donors (Lipinski definition) is 0. The van der Waals surface area contributed by atoms with Crippen LogP contribution in [0.3, 0.4) is 0 Å². The van der Waals surface area contributed by atoms with Gasteiger partial charge in [-0.2, -0.15) is 0 Å². The van der Waals surface area contributed by atoms with E-state index in [2.05, 4.69) is 20.9 Å². The van der Waals surface area contributed by atoms with Crippen LogP contribution in [0.4, 0.5) is 0 Å². The van der Waals surface area contributed by atoms with Crippen molar-refractivity contribution < 1.29 is 9.53 Å². The fraction of sp³-hybridized carbons (Fsp3) is 0.200. The van der Waals surface area contributed by atoms with Crippen LogP contribution in [0.1, 0.15) is 11.1 Å². The maximum atomic E-state index is 12.0. The maximum absolute atomic E-state index is 12.0. The topological polar surface area (TPSA) is 39.2 Å². The fourth-order valence-electron chi connectivity index (χ4n) is 1.78. The molecule has 0 amide bonds. The minimum Gasteiger partial charge on any atom is -0.481 e. The minimum atomic E-state index is 0.166. The molecule has 0 bridgehead atoms. The predicted molar refractivity (Wildman–Crippen MR) is 77.3 cm³/mol. The van der Waals surface area contributed by atoms with Crippen molar-refractivity contribution in [3.8, 4) is 5.88 Å². The van der Waals surface area contributed by atoms with Crippen molar-refractivity contribution in [2.45, 2.75) is 12.8 Å². The van der Waals surface area contributed by atoms with E-state index in [4.69, 9.17) is 4.74 Å². The molecule has 19 heavy (non-hydrogen) atoms. The van der Waals surface area contributed by atoms with Crippen LogP contribution >= 0.6 is 15.9 Å². The lowest BCUT2D eigenvalue weighted by atomic mass is 10.0. The van der Waals surface area contributed by atoms with Crippen molar-refractivity contribution in [3.05, 3.63) is 58.2 Å². The van der Waals surface area contributed by atoms with Gasteiger partial charge >= 0.3 is 0 Å². The molecule has 0 aliphatic carbocycles. The third kappa shape index (κ3) is 3.89. The number of methoxy groups -OCH3 is 1. The third-order valence-corrected chi connectivity index (χ3v) is 3.53. The van der Waals surface area contributed by atoms with E-state index in [-0.39, 0.29) is 5.78 Å². The summed E-state index contributed by atoms with van der Waals surface area (Å²) >= 11 is 3.45. The summed E-state index contributed by atoms with van der Waals surface area (Å²) in [5.74, 6) is 0.723. The SMILES string of the molecule is COc1ccc(CC(=O)Cc2ccccc2Br)cn1. The van der Waals surface area contributed by atoms with E-state index in [0.29, 0.717) is 18.7 Å². The Labute approximate surface area is 120 Å². The average Bonchev–Trinajstić information content (AvgIpc) is 2.42. The number of ketones is 1. The average molecular weight is 320 g/mol. The molecule has 1 aromatic carbocycles. The number of Topliss-reactive ketones (excluding diaryl/α,β-unsaturated/α-hetero) is 1. The first-order valence-electron chi connectivity index (χ1n) is 5.93. The molecule has 2 rings (SSSR count). The van der Waals surface area contributed by atoms with Gasteiger partial charge in [-0.3, -0.25) is 4.79 Å². The number of aromatic nitrogens is 1. The van der Waals surface area contributed by atoms with E-state index in [9.17, 15) is 4.79 Å². The Bertz CT molecular complexity index is 567. The highest BCUT2D eigenvalue weighted by molar-refractivity contribution is 9.10. The molecule has 0 fully saturated rings. The second-order valence-corrected chi connectivity index (χ2v) is 5.05. The van der Waals surface area contributed by atoms with Crippen LogP contribution in [-0.4, -0.2) is 17.9 Å². The molecular formula is C15H14BrNO2.